The number of phenolic OH excluding ortho intramolecular Hbond substituents is 1. The molecular weight excluding hydrogens is 278 g/mol. The minimum Gasteiger partial charge on any atom is -0.508 e. The van der Waals surface area contributed by atoms with Crippen LogP contribution >= 0.6 is 0 Å². The molecule has 0 unspecified atom stereocenters. The van der Waals surface area contributed by atoms with Gasteiger partial charge in [-0.15, -0.1) is 0 Å². The van der Waals surface area contributed by atoms with E-state index in [0.29, 0.717) is 16.8 Å². The quantitative estimate of drug-likeness (QED) is 0.822. The maximum absolute atomic E-state index is 12.6. The molecule has 2 aliphatic rings. The van der Waals surface area contributed by atoms with Crippen molar-refractivity contribution in [3.63, 3.8) is 0 Å². The van der Waals surface area contributed by atoms with Crippen molar-refractivity contribution < 1.29 is 14.7 Å². The number of carbonyl (C=O) groups excluding carboxylic acids is 2. The van der Waals surface area contributed by atoms with Crippen molar-refractivity contribution >= 4 is 17.5 Å². The predicted octanol–water partition coefficient (Wildman–Crippen LogP) is 3.07. The van der Waals surface area contributed by atoms with Crippen molar-refractivity contribution in [1.29, 1.82) is 0 Å². The second kappa shape index (κ2) is 4.70. The van der Waals surface area contributed by atoms with Gasteiger partial charge in [-0.1, -0.05) is 12.1 Å². The number of anilines is 1. The van der Waals surface area contributed by atoms with Crippen molar-refractivity contribution in [1.82, 2.24) is 0 Å². The van der Waals surface area contributed by atoms with Crippen LogP contribution in [0.3, 0.4) is 0 Å². The summed E-state index contributed by atoms with van der Waals surface area (Å²) in [6.07, 6.45) is 3.60. The second-order valence-electron chi connectivity index (χ2n) is 5.76. The highest BCUT2D eigenvalue weighted by molar-refractivity contribution is 6.34. The number of nitrogens with zero attached hydrogens (tertiary/aromatic N) is 1. The van der Waals surface area contributed by atoms with E-state index in [1.807, 2.05) is 0 Å². The Kier molecular flexibility index (Phi) is 2.79. The fourth-order valence-corrected chi connectivity index (χ4v) is 3.45. The summed E-state index contributed by atoms with van der Waals surface area (Å²) in [6, 6.07) is 10.2. The zero-order valence-corrected chi connectivity index (χ0v) is 12.0. The second-order valence-corrected chi connectivity index (χ2v) is 5.76. The molecule has 1 N–H and O–H groups in total. The predicted molar refractivity (Wildman–Crippen MR) is 82.3 cm³/mol. The van der Waals surface area contributed by atoms with Crippen LogP contribution in [0.2, 0.25) is 0 Å². The van der Waals surface area contributed by atoms with E-state index in [9.17, 15) is 14.7 Å². The molecule has 2 aromatic carbocycles. The Morgan fingerprint density at radius 2 is 1.41 bits per heavy atom. The largest absolute Gasteiger partial charge is 0.508 e. The highest BCUT2D eigenvalue weighted by atomic mass is 16.3. The van der Waals surface area contributed by atoms with Crippen LogP contribution in [0.5, 0.6) is 5.75 Å². The van der Waals surface area contributed by atoms with Crippen molar-refractivity contribution in [3.05, 3.63) is 58.7 Å². The number of fused-ring (bicyclic) bond motifs is 2. The molecular formula is C18H15NO3. The molecule has 110 valence electrons. The fourth-order valence-electron chi connectivity index (χ4n) is 3.45. The van der Waals surface area contributed by atoms with Gasteiger partial charge in [0.15, 0.2) is 0 Å². The van der Waals surface area contributed by atoms with E-state index in [1.54, 1.807) is 36.4 Å². The molecule has 0 bridgehead atoms. The van der Waals surface area contributed by atoms with E-state index >= 15 is 0 Å². The van der Waals surface area contributed by atoms with Gasteiger partial charge in [0.25, 0.3) is 11.8 Å². The number of rotatable bonds is 1. The highest BCUT2D eigenvalue weighted by Gasteiger charge is 2.38. The van der Waals surface area contributed by atoms with Crippen molar-refractivity contribution in [2.24, 2.45) is 0 Å². The summed E-state index contributed by atoms with van der Waals surface area (Å²) in [5, 5.41) is 10.0. The number of amides is 2. The first-order valence-electron chi connectivity index (χ1n) is 7.50. The molecule has 4 rings (SSSR count). The Morgan fingerprint density at radius 1 is 0.818 bits per heavy atom. The third kappa shape index (κ3) is 1.70. The Morgan fingerprint density at radius 3 is 2.05 bits per heavy atom. The summed E-state index contributed by atoms with van der Waals surface area (Å²) in [5.41, 5.74) is 3.33. The number of imide groups is 1. The summed E-state index contributed by atoms with van der Waals surface area (Å²) >= 11 is 0. The van der Waals surface area contributed by atoms with Crippen LogP contribution in [0.1, 0.15) is 44.7 Å². The van der Waals surface area contributed by atoms with Gasteiger partial charge >= 0.3 is 0 Å². The Hall–Kier alpha value is -2.62. The number of hydrogen-bond donors (Lipinski definition) is 1. The van der Waals surface area contributed by atoms with Gasteiger partial charge in [-0.3, -0.25) is 9.59 Å². The average Bonchev–Trinajstić information content (AvgIpc) is 2.81. The first-order chi connectivity index (χ1) is 10.7. The molecule has 22 heavy (non-hydrogen) atoms. The van der Waals surface area contributed by atoms with Crippen molar-refractivity contribution in [2.45, 2.75) is 25.7 Å². The minimum atomic E-state index is -0.279. The fraction of sp³-hybridized carbons (Fsp3) is 0.222. The normalized spacial score (nSPS) is 16.6. The Balaban J connectivity index is 1.88. The third-order valence-corrected chi connectivity index (χ3v) is 4.52. The lowest BCUT2D eigenvalue weighted by Crippen LogP contribution is -2.31. The number of carbonyl (C=O) groups is 2. The molecule has 4 heteroatoms. The van der Waals surface area contributed by atoms with Crippen LogP contribution in [0.25, 0.3) is 0 Å². The number of benzene rings is 2. The topological polar surface area (TPSA) is 57.6 Å². The summed E-state index contributed by atoms with van der Waals surface area (Å²) in [5.74, 6) is -0.298. The molecule has 0 spiro atoms. The van der Waals surface area contributed by atoms with Crippen molar-refractivity contribution in [2.75, 3.05) is 4.90 Å². The number of aromatic hydroxyl groups is 1. The van der Waals surface area contributed by atoms with Gasteiger partial charge < -0.3 is 5.11 Å². The molecule has 0 atom stereocenters. The molecule has 1 aliphatic carbocycles. The minimum absolute atomic E-state index is 0.259. The highest BCUT2D eigenvalue weighted by Crippen LogP contribution is 2.38. The van der Waals surface area contributed by atoms with Gasteiger partial charge in [0, 0.05) is 0 Å². The van der Waals surface area contributed by atoms with Crippen LogP contribution in [0, 0.1) is 0 Å². The summed E-state index contributed by atoms with van der Waals surface area (Å²) in [4.78, 5) is 26.5. The SMILES string of the molecule is O=C1c2ccccc2C(=O)N1c1ccc(O)c2c1CCCC2. The van der Waals surface area contributed by atoms with Crippen molar-refractivity contribution in [3.8, 4) is 5.75 Å². The van der Waals surface area contributed by atoms with Crippen LogP contribution in [-0.4, -0.2) is 16.9 Å². The molecule has 0 saturated carbocycles. The molecule has 0 radical (unpaired) electrons. The molecule has 1 heterocycles. The molecule has 2 amide bonds. The molecule has 0 aromatic heterocycles. The van der Waals surface area contributed by atoms with Crippen LogP contribution in [-0.2, 0) is 12.8 Å². The van der Waals surface area contributed by atoms with E-state index < -0.39 is 0 Å². The Labute approximate surface area is 128 Å². The zero-order valence-electron chi connectivity index (χ0n) is 12.0. The van der Waals surface area contributed by atoms with Gasteiger partial charge in [0.05, 0.1) is 16.8 Å². The van der Waals surface area contributed by atoms with Crippen LogP contribution in [0.15, 0.2) is 36.4 Å². The summed E-state index contributed by atoms with van der Waals surface area (Å²) in [6.45, 7) is 0. The van der Waals surface area contributed by atoms with Crippen LogP contribution in [0.4, 0.5) is 5.69 Å². The van der Waals surface area contributed by atoms with Gasteiger partial charge in [-0.2, -0.15) is 0 Å². The van der Waals surface area contributed by atoms with Gasteiger partial charge in [-0.25, -0.2) is 4.90 Å². The average molecular weight is 293 g/mol. The first kappa shape index (κ1) is 13.1. The molecule has 1 aliphatic heterocycles. The van der Waals surface area contributed by atoms with E-state index in [0.717, 1.165) is 36.8 Å². The third-order valence-electron chi connectivity index (χ3n) is 4.52. The summed E-state index contributed by atoms with van der Waals surface area (Å²) < 4.78 is 0. The van der Waals surface area contributed by atoms with E-state index in [4.69, 9.17) is 0 Å². The summed E-state index contributed by atoms with van der Waals surface area (Å²) in [7, 11) is 0. The maximum Gasteiger partial charge on any atom is 0.266 e. The molecule has 0 saturated heterocycles. The number of phenols is 1. The van der Waals surface area contributed by atoms with E-state index in [2.05, 4.69) is 0 Å². The zero-order chi connectivity index (χ0) is 15.3. The van der Waals surface area contributed by atoms with Gasteiger partial charge in [-0.05, 0) is 61.1 Å². The lowest BCUT2D eigenvalue weighted by molar-refractivity contribution is 0.0925. The molecule has 4 nitrogen and oxygen atoms in total. The molecule has 2 aromatic rings. The maximum atomic E-state index is 12.6. The first-order valence-corrected chi connectivity index (χ1v) is 7.50. The van der Waals surface area contributed by atoms with E-state index in [-0.39, 0.29) is 17.6 Å². The monoisotopic (exact) mass is 293 g/mol. The van der Waals surface area contributed by atoms with Crippen LogP contribution < -0.4 is 4.90 Å². The standard InChI is InChI=1S/C18H15NO3/c20-16-10-9-15(11-5-1-2-6-12(11)16)19-17(21)13-7-3-4-8-14(13)18(19)22/h3-4,7-10,20H,1-2,5-6H2. The van der Waals surface area contributed by atoms with E-state index in [1.165, 1.54) is 4.90 Å². The van der Waals surface area contributed by atoms with Gasteiger partial charge in [0.1, 0.15) is 5.75 Å². The lowest BCUT2D eigenvalue weighted by Gasteiger charge is -2.24. The Bertz CT molecular complexity index is 775. The smallest absolute Gasteiger partial charge is 0.266 e. The van der Waals surface area contributed by atoms with Gasteiger partial charge in [0.2, 0.25) is 0 Å². The number of hydrogen-bond acceptors (Lipinski definition) is 3. The molecule has 0 fully saturated rings. The lowest BCUT2D eigenvalue weighted by atomic mass is 9.89.